The van der Waals surface area contributed by atoms with Crippen LogP contribution in [0.3, 0.4) is 0 Å². The average molecular weight is 297 g/mol. The highest BCUT2D eigenvalue weighted by atomic mass is 35.5. The normalized spacial score (nSPS) is 13.9. The van der Waals surface area contributed by atoms with Crippen LogP contribution in [0, 0.1) is 0 Å². The van der Waals surface area contributed by atoms with Crippen molar-refractivity contribution in [2.24, 2.45) is 0 Å². The summed E-state index contributed by atoms with van der Waals surface area (Å²) in [6.45, 7) is 0.206. The van der Waals surface area contributed by atoms with Gasteiger partial charge in [0.2, 0.25) is 0 Å². The second kappa shape index (κ2) is 6.88. The van der Waals surface area contributed by atoms with Crippen LogP contribution in [0.15, 0.2) is 60.7 Å². The molecule has 5 heteroatoms. The van der Waals surface area contributed by atoms with Crippen molar-refractivity contribution in [2.75, 3.05) is 0 Å². The third-order valence-corrected chi connectivity index (χ3v) is 4.71. The summed E-state index contributed by atoms with van der Waals surface area (Å²) in [7, 11) is -3.32. The first-order chi connectivity index (χ1) is 9.22. The van der Waals surface area contributed by atoms with E-state index in [9.17, 15) is 4.57 Å². The Labute approximate surface area is 117 Å². The predicted octanol–water partition coefficient (Wildman–Crippen LogP) is 4.77. The van der Waals surface area contributed by atoms with Gasteiger partial charge in [0.05, 0.1) is 24.6 Å². The molecular weight excluding hydrogens is 283 g/mol. The van der Waals surface area contributed by atoms with Gasteiger partial charge in [0.15, 0.2) is 0 Å². The molecule has 19 heavy (non-hydrogen) atoms. The maximum Gasteiger partial charge on any atom is 0.351 e. The van der Waals surface area contributed by atoms with Crippen molar-refractivity contribution in [1.29, 1.82) is 0 Å². The van der Waals surface area contributed by atoms with E-state index in [4.69, 9.17) is 16.4 Å². The highest BCUT2D eigenvalue weighted by Crippen LogP contribution is 2.53. The number of rotatable bonds is 6. The zero-order valence-electron chi connectivity index (χ0n) is 10.2. The van der Waals surface area contributed by atoms with Gasteiger partial charge in [-0.2, -0.15) is 4.08 Å². The molecule has 0 aliphatic heterocycles. The molecule has 0 heterocycles. The largest absolute Gasteiger partial charge is 0.351 e. The van der Waals surface area contributed by atoms with Crippen molar-refractivity contribution < 1.29 is 13.2 Å². The molecule has 0 fully saturated rings. The Morgan fingerprint density at radius 3 is 1.95 bits per heavy atom. The molecule has 100 valence electrons. The zero-order valence-corrected chi connectivity index (χ0v) is 11.9. The van der Waals surface area contributed by atoms with E-state index >= 15 is 0 Å². The van der Waals surface area contributed by atoms with Crippen molar-refractivity contribution >= 4 is 19.5 Å². The van der Waals surface area contributed by atoms with E-state index in [0.29, 0.717) is 0 Å². The summed E-state index contributed by atoms with van der Waals surface area (Å²) in [6.07, 6.45) is 0.157. The molecule has 0 saturated carbocycles. The summed E-state index contributed by atoms with van der Waals surface area (Å²) < 4.78 is 22.3. The lowest BCUT2D eigenvalue weighted by atomic mass is 10.2. The van der Waals surface area contributed by atoms with E-state index in [1.165, 1.54) is 0 Å². The Kier molecular flexibility index (Phi) is 5.17. The van der Waals surface area contributed by atoms with Crippen molar-refractivity contribution in [2.45, 2.75) is 12.8 Å². The minimum absolute atomic E-state index is 0.157. The standard InChI is InChI=1S/C14H14ClO3P/c15-18-19(16,12-14-9-5-2-6-10-14)17-11-13-7-3-1-4-8-13/h1-10H,11-12H2. The molecule has 0 bridgehead atoms. The Hall–Kier alpha value is -1.12. The second-order valence-corrected chi connectivity index (χ2v) is 6.43. The number of hydrogen-bond donors (Lipinski definition) is 0. The molecule has 1 atom stereocenters. The van der Waals surface area contributed by atoms with Gasteiger partial charge in [0, 0.05) is 0 Å². The average Bonchev–Trinajstić information content (AvgIpc) is 2.47. The van der Waals surface area contributed by atoms with Gasteiger partial charge in [-0.15, -0.1) is 0 Å². The van der Waals surface area contributed by atoms with Crippen LogP contribution in [-0.2, 0) is 25.9 Å². The van der Waals surface area contributed by atoms with Crippen LogP contribution in [0.25, 0.3) is 0 Å². The van der Waals surface area contributed by atoms with Crippen molar-refractivity contribution in [1.82, 2.24) is 0 Å². The summed E-state index contributed by atoms with van der Waals surface area (Å²) in [5, 5.41) is 0. The van der Waals surface area contributed by atoms with E-state index < -0.39 is 7.60 Å². The maximum atomic E-state index is 12.3. The number of benzene rings is 2. The number of halogens is 1. The Bertz CT molecular complexity index is 545. The summed E-state index contributed by atoms with van der Waals surface area (Å²) in [5.41, 5.74) is 1.78. The SMILES string of the molecule is O=P(Cc1ccccc1)(OCl)OCc1ccccc1. The highest BCUT2D eigenvalue weighted by Gasteiger charge is 2.25. The molecule has 3 nitrogen and oxygen atoms in total. The molecule has 0 spiro atoms. The molecule has 0 aliphatic carbocycles. The van der Waals surface area contributed by atoms with Crippen LogP contribution >= 0.6 is 19.5 Å². The third-order valence-electron chi connectivity index (χ3n) is 2.59. The molecule has 1 unspecified atom stereocenters. The molecule has 2 rings (SSSR count). The number of hydrogen-bond acceptors (Lipinski definition) is 3. The fourth-order valence-electron chi connectivity index (χ4n) is 1.64. The third kappa shape index (κ3) is 4.48. The van der Waals surface area contributed by atoms with E-state index in [0.717, 1.165) is 11.1 Å². The summed E-state index contributed by atoms with van der Waals surface area (Å²) in [5.74, 6) is 0. The Morgan fingerprint density at radius 2 is 1.42 bits per heavy atom. The van der Waals surface area contributed by atoms with Gasteiger partial charge in [0.25, 0.3) is 0 Å². The van der Waals surface area contributed by atoms with Crippen molar-refractivity contribution in [3.8, 4) is 0 Å². The van der Waals surface area contributed by atoms with E-state index in [1.54, 1.807) is 0 Å². The minimum Gasteiger partial charge on any atom is -0.303 e. The Morgan fingerprint density at radius 1 is 0.895 bits per heavy atom. The monoisotopic (exact) mass is 296 g/mol. The van der Waals surface area contributed by atoms with Crippen LogP contribution in [-0.4, -0.2) is 0 Å². The smallest absolute Gasteiger partial charge is 0.303 e. The van der Waals surface area contributed by atoms with Gasteiger partial charge < -0.3 is 4.52 Å². The minimum atomic E-state index is -3.32. The van der Waals surface area contributed by atoms with Gasteiger partial charge in [-0.1, -0.05) is 60.7 Å². The molecule has 2 aromatic rings. The summed E-state index contributed by atoms with van der Waals surface area (Å²) in [4.78, 5) is 0. The fourth-order valence-corrected chi connectivity index (χ4v) is 3.09. The molecule has 0 amide bonds. The zero-order chi connectivity index (χ0) is 13.6. The maximum absolute atomic E-state index is 12.3. The molecule has 0 saturated heterocycles. The van der Waals surface area contributed by atoms with Gasteiger partial charge >= 0.3 is 7.60 Å². The van der Waals surface area contributed by atoms with Crippen LogP contribution in [0.1, 0.15) is 11.1 Å². The lowest BCUT2D eigenvalue weighted by molar-refractivity contribution is 0.259. The highest BCUT2D eigenvalue weighted by molar-refractivity contribution is 7.53. The van der Waals surface area contributed by atoms with Crippen LogP contribution in [0.4, 0.5) is 0 Å². The first-order valence-electron chi connectivity index (χ1n) is 5.84. The first-order valence-corrected chi connectivity index (χ1v) is 7.87. The Balaban J connectivity index is 2.00. The molecule has 0 N–H and O–H groups in total. The van der Waals surface area contributed by atoms with Crippen molar-refractivity contribution in [3.05, 3.63) is 71.8 Å². The molecular formula is C14H14ClO3P. The van der Waals surface area contributed by atoms with Crippen LogP contribution in [0.5, 0.6) is 0 Å². The lowest BCUT2D eigenvalue weighted by Crippen LogP contribution is -1.95. The van der Waals surface area contributed by atoms with E-state index in [-0.39, 0.29) is 12.8 Å². The predicted molar refractivity (Wildman–Crippen MR) is 75.9 cm³/mol. The summed E-state index contributed by atoms with van der Waals surface area (Å²) >= 11 is 5.34. The van der Waals surface area contributed by atoms with Crippen molar-refractivity contribution in [3.63, 3.8) is 0 Å². The second-order valence-electron chi connectivity index (χ2n) is 4.08. The van der Waals surface area contributed by atoms with Gasteiger partial charge in [-0.25, -0.2) is 0 Å². The van der Waals surface area contributed by atoms with Crippen LogP contribution in [0.2, 0.25) is 0 Å². The van der Waals surface area contributed by atoms with E-state index in [1.807, 2.05) is 60.7 Å². The molecule has 0 aromatic heterocycles. The van der Waals surface area contributed by atoms with Crippen LogP contribution < -0.4 is 0 Å². The lowest BCUT2D eigenvalue weighted by Gasteiger charge is -2.14. The fraction of sp³-hybridized carbons (Fsp3) is 0.143. The quantitative estimate of drug-likeness (QED) is 0.720. The molecule has 0 aliphatic rings. The van der Waals surface area contributed by atoms with Gasteiger partial charge in [-0.3, -0.25) is 4.57 Å². The molecule has 2 aromatic carbocycles. The first kappa shape index (κ1) is 14.3. The summed E-state index contributed by atoms with van der Waals surface area (Å²) in [6, 6.07) is 18.8. The topological polar surface area (TPSA) is 35.5 Å². The van der Waals surface area contributed by atoms with Gasteiger partial charge in [-0.05, 0) is 11.1 Å². The van der Waals surface area contributed by atoms with Gasteiger partial charge in [0.1, 0.15) is 0 Å². The van der Waals surface area contributed by atoms with E-state index in [2.05, 4.69) is 4.08 Å². The molecule has 0 radical (unpaired) electrons.